The van der Waals surface area contributed by atoms with Crippen LogP contribution in [0, 0.1) is 0 Å². The second-order valence-corrected chi connectivity index (χ2v) is 5.36. The highest BCUT2D eigenvalue weighted by Gasteiger charge is 2.31. The minimum Gasteiger partial charge on any atom is -0.394 e. The van der Waals surface area contributed by atoms with E-state index in [1.807, 2.05) is 0 Å². The van der Waals surface area contributed by atoms with E-state index < -0.39 is 47.1 Å². The fourth-order valence-electron chi connectivity index (χ4n) is 0.859. The van der Waals surface area contributed by atoms with Crippen molar-refractivity contribution in [2.75, 3.05) is 12.3 Å². The van der Waals surface area contributed by atoms with Crippen molar-refractivity contribution in [2.45, 2.75) is 18.3 Å². The van der Waals surface area contributed by atoms with Gasteiger partial charge in [0.2, 0.25) is 0 Å². The molecule has 0 amide bonds. The summed E-state index contributed by atoms with van der Waals surface area (Å²) in [6.07, 6.45) is -3.28. The first-order valence-corrected chi connectivity index (χ1v) is 8.22. The number of carbonyl (C=O) groups is 1. The number of carbonyl (C=O) groups excluding carboxylic acids is 1. The molecule has 1 aromatic heterocycles. The SMILES string of the molecule is Nc1ccnc(=O)[nH]1.O=CC(O)C(O)C(O)CO.O=[P+](O)O[P+](=O)O. The summed E-state index contributed by atoms with van der Waals surface area (Å²) in [7, 11) is -5.85. The van der Waals surface area contributed by atoms with Crippen molar-refractivity contribution in [3.05, 3.63) is 22.7 Å². The van der Waals surface area contributed by atoms with Gasteiger partial charge in [-0.3, -0.25) is 4.98 Å². The molecule has 0 aliphatic rings. The van der Waals surface area contributed by atoms with Gasteiger partial charge in [-0.2, -0.15) is 0 Å². The number of hydrogen-bond acceptors (Lipinski definition) is 11. The summed E-state index contributed by atoms with van der Waals surface area (Å²) < 4.78 is 22.2. The fraction of sp³-hybridized carbons (Fsp3) is 0.444. The summed E-state index contributed by atoms with van der Waals surface area (Å²) in [4.78, 5) is 41.0. The van der Waals surface area contributed by atoms with Crippen LogP contribution in [0.15, 0.2) is 17.1 Å². The van der Waals surface area contributed by atoms with Gasteiger partial charge >= 0.3 is 22.2 Å². The molecule has 5 unspecified atom stereocenters. The van der Waals surface area contributed by atoms with Gasteiger partial charge < -0.3 is 31.0 Å². The summed E-state index contributed by atoms with van der Waals surface area (Å²) in [6, 6.07) is 1.52. The van der Waals surface area contributed by atoms with Gasteiger partial charge in [-0.05, 0) is 6.07 Å². The highest BCUT2D eigenvalue weighted by atomic mass is 31.2. The van der Waals surface area contributed by atoms with E-state index in [9.17, 15) is 18.7 Å². The van der Waals surface area contributed by atoms with Gasteiger partial charge in [-0.15, -0.1) is 9.79 Å². The zero-order valence-electron chi connectivity index (χ0n) is 12.3. The van der Waals surface area contributed by atoms with Crippen LogP contribution in [0.4, 0.5) is 5.82 Å². The van der Waals surface area contributed by atoms with E-state index in [0.717, 1.165) is 0 Å². The molecule has 25 heavy (non-hydrogen) atoms. The normalized spacial score (nSPS) is 14.5. The number of nitrogens with two attached hydrogens (primary N) is 1. The number of aliphatic hydroxyl groups excluding tert-OH is 4. The first kappa shape index (κ1) is 25.5. The van der Waals surface area contributed by atoms with Crippen molar-refractivity contribution >= 4 is 28.6 Å². The zero-order valence-corrected chi connectivity index (χ0v) is 14.1. The van der Waals surface area contributed by atoms with Crippen molar-refractivity contribution < 1.29 is 48.4 Å². The Morgan fingerprint density at radius 1 is 1.28 bits per heavy atom. The Balaban J connectivity index is 0. The van der Waals surface area contributed by atoms with Crippen LogP contribution in [0.3, 0.4) is 0 Å². The van der Waals surface area contributed by atoms with Gasteiger partial charge in [0.1, 0.15) is 24.1 Å². The minimum atomic E-state index is -2.92. The molecule has 0 radical (unpaired) electrons. The number of aldehydes is 1. The molecule has 0 bridgehead atoms. The maximum Gasteiger partial charge on any atom is 0.745 e. The molecule has 1 rings (SSSR count). The van der Waals surface area contributed by atoms with E-state index in [-0.39, 0.29) is 6.29 Å². The number of nitrogen functional groups attached to an aromatic ring is 1. The molecule has 0 aliphatic carbocycles. The molecular weight excluding hydrogens is 388 g/mol. The van der Waals surface area contributed by atoms with Crippen LogP contribution < -0.4 is 11.4 Å². The van der Waals surface area contributed by atoms with Gasteiger partial charge in [-0.1, -0.05) is 0 Å². The number of nitrogens with zero attached hydrogens (tertiary/aromatic N) is 1. The number of H-pyrrole nitrogens is 1. The summed E-state index contributed by atoms with van der Waals surface area (Å²) in [6.45, 7) is -0.688. The fourth-order valence-corrected chi connectivity index (χ4v) is 1.34. The summed E-state index contributed by atoms with van der Waals surface area (Å²) in [5.41, 5.74) is 4.75. The molecular formula is C9H17N3O11P2+2. The first-order valence-electron chi connectivity index (χ1n) is 5.96. The lowest BCUT2D eigenvalue weighted by molar-refractivity contribution is -0.127. The number of anilines is 1. The Morgan fingerprint density at radius 3 is 2.04 bits per heavy atom. The molecule has 14 nitrogen and oxygen atoms in total. The van der Waals surface area contributed by atoms with Crippen LogP contribution in [0.1, 0.15) is 0 Å². The van der Waals surface area contributed by atoms with Gasteiger partial charge in [0.15, 0.2) is 10.6 Å². The van der Waals surface area contributed by atoms with Crippen molar-refractivity contribution in [3.63, 3.8) is 0 Å². The van der Waals surface area contributed by atoms with E-state index in [4.69, 9.17) is 35.9 Å². The summed E-state index contributed by atoms with van der Waals surface area (Å²) >= 11 is 0. The lowest BCUT2D eigenvalue weighted by Gasteiger charge is -2.16. The third kappa shape index (κ3) is 15.5. The largest absolute Gasteiger partial charge is 0.745 e. The van der Waals surface area contributed by atoms with Crippen LogP contribution >= 0.6 is 16.5 Å². The van der Waals surface area contributed by atoms with Gasteiger partial charge in [-0.25, -0.2) is 9.78 Å². The lowest BCUT2D eigenvalue weighted by Crippen LogP contribution is -2.40. The number of aliphatic hydroxyl groups is 4. The van der Waals surface area contributed by atoms with Crippen molar-refractivity contribution in [1.82, 2.24) is 9.97 Å². The van der Waals surface area contributed by atoms with Gasteiger partial charge in [0.25, 0.3) is 0 Å². The molecule has 1 heterocycles. The Bertz CT molecular complexity index is 586. The Kier molecular flexibility index (Phi) is 14.9. The molecule has 0 spiro atoms. The van der Waals surface area contributed by atoms with Crippen molar-refractivity contribution in [3.8, 4) is 0 Å². The van der Waals surface area contributed by atoms with E-state index in [2.05, 4.69) is 14.3 Å². The summed E-state index contributed by atoms with van der Waals surface area (Å²) in [5.74, 6) is 0.338. The zero-order chi connectivity index (χ0) is 20.0. The predicted molar refractivity (Wildman–Crippen MR) is 81.2 cm³/mol. The Morgan fingerprint density at radius 2 is 1.80 bits per heavy atom. The number of hydrogen-bond donors (Lipinski definition) is 8. The topological polar surface area (TPSA) is 254 Å². The molecule has 5 atom stereocenters. The maximum absolute atomic E-state index is 10.2. The average Bonchev–Trinajstić information content (AvgIpc) is 2.52. The second kappa shape index (κ2) is 14.6. The molecule has 142 valence electrons. The second-order valence-electron chi connectivity index (χ2n) is 3.75. The van der Waals surface area contributed by atoms with Crippen LogP contribution in [-0.4, -0.2) is 71.4 Å². The van der Waals surface area contributed by atoms with Crippen LogP contribution in [0.5, 0.6) is 0 Å². The van der Waals surface area contributed by atoms with Crippen LogP contribution in [0.25, 0.3) is 0 Å². The predicted octanol–water partition coefficient (Wildman–Crippen LogP) is -3.09. The molecule has 0 aromatic carbocycles. The van der Waals surface area contributed by atoms with E-state index in [1.54, 1.807) is 0 Å². The lowest BCUT2D eigenvalue weighted by atomic mass is 10.1. The molecule has 9 N–H and O–H groups in total. The number of aromatic nitrogens is 2. The molecule has 16 heteroatoms. The van der Waals surface area contributed by atoms with Crippen LogP contribution in [-0.2, 0) is 18.2 Å². The maximum atomic E-state index is 10.2. The minimum absolute atomic E-state index is 0.0869. The first-order chi connectivity index (χ1) is 11.5. The Labute approximate surface area is 141 Å². The smallest absolute Gasteiger partial charge is 0.394 e. The van der Waals surface area contributed by atoms with Gasteiger partial charge in [0.05, 0.1) is 6.61 Å². The molecule has 0 saturated carbocycles. The number of rotatable bonds is 6. The monoisotopic (exact) mass is 405 g/mol. The highest BCUT2D eigenvalue weighted by Crippen LogP contribution is 2.30. The molecule has 0 aliphatic heterocycles. The third-order valence-electron chi connectivity index (χ3n) is 1.91. The van der Waals surface area contributed by atoms with Crippen molar-refractivity contribution in [2.24, 2.45) is 0 Å². The molecule has 0 saturated heterocycles. The van der Waals surface area contributed by atoms with E-state index >= 15 is 0 Å². The molecule has 1 aromatic rings. The standard InChI is InChI=1S/C5H10O5.C4H5N3O.O5P2/c6-1-3(8)5(10)4(9)2-7;5-3-1-2-6-4(8)7-3;1-6(2)5-7(3)4/h1,3-5,7-10H,2H2;1-2H,(H3,5,6,7,8);/p+2. The third-order valence-corrected chi connectivity index (χ3v) is 3.03. The number of aromatic amines is 1. The summed E-state index contributed by atoms with van der Waals surface area (Å²) in [5, 5.41) is 34.1. The van der Waals surface area contributed by atoms with E-state index in [0.29, 0.717) is 5.82 Å². The van der Waals surface area contributed by atoms with E-state index in [1.165, 1.54) is 12.3 Å². The average molecular weight is 405 g/mol. The molecule has 0 fully saturated rings. The van der Waals surface area contributed by atoms with Crippen molar-refractivity contribution in [1.29, 1.82) is 0 Å². The highest BCUT2D eigenvalue weighted by molar-refractivity contribution is 7.46. The van der Waals surface area contributed by atoms with Gasteiger partial charge in [0, 0.05) is 15.3 Å². The Hall–Kier alpha value is -1.73. The van der Waals surface area contributed by atoms with Crippen LogP contribution in [0.2, 0.25) is 0 Å². The number of nitrogens with one attached hydrogen (secondary N) is 1. The quantitative estimate of drug-likeness (QED) is 0.173.